The molecule has 1 heterocycles. The summed E-state index contributed by atoms with van der Waals surface area (Å²) in [6.07, 6.45) is 1.79. The zero-order valence-electron chi connectivity index (χ0n) is 15.7. The average Bonchev–Trinajstić information content (AvgIpc) is 3.17. The van der Waals surface area contributed by atoms with Crippen LogP contribution in [0.1, 0.15) is 24.4 Å². The quantitative estimate of drug-likeness (QED) is 0.432. The first-order valence-electron chi connectivity index (χ1n) is 8.84. The van der Waals surface area contributed by atoms with E-state index in [2.05, 4.69) is 4.98 Å². The number of benzene rings is 2. The monoisotopic (exact) mass is 381 g/mol. The van der Waals surface area contributed by atoms with Crippen LogP contribution < -0.4 is 5.48 Å². The Labute approximate surface area is 163 Å². The van der Waals surface area contributed by atoms with Crippen molar-refractivity contribution in [3.63, 3.8) is 0 Å². The van der Waals surface area contributed by atoms with E-state index in [9.17, 15) is 9.90 Å². The Morgan fingerprint density at radius 1 is 1.18 bits per heavy atom. The molecule has 7 heteroatoms. The lowest BCUT2D eigenvalue weighted by Gasteiger charge is -2.31. The number of aryl methyl sites for hydroxylation is 1. The Morgan fingerprint density at radius 3 is 2.39 bits per heavy atom. The third-order valence-corrected chi connectivity index (χ3v) is 4.78. The number of hydroxylamine groups is 1. The normalized spacial score (nSPS) is 14.3. The number of aliphatic hydroxyl groups is 1. The second kappa shape index (κ2) is 8.35. The fourth-order valence-electron chi connectivity index (χ4n) is 2.92. The summed E-state index contributed by atoms with van der Waals surface area (Å²) in [6, 6.07) is 17.7. The molecule has 3 rings (SSSR count). The second-order valence-electron chi connectivity index (χ2n) is 6.70. The average molecular weight is 381 g/mol. The number of imidazole rings is 1. The van der Waals surface area contributed by atoms with Crippen LogP contribution >= 0.6 is 0 Å². The van der Waals surface area contributed by atoms with Crippen LogP contribution in [-0.2, 0) is 23.2 Å². The van der Waals surface area contributed by atoms with Crippen LogP contribution in [0.15, 0.2) is 67.0 Å². The summed E-state index contributed by atoms with van der Waals surface area (Å²) in [6.45, 7) is 1.48. The van der Waals surface area contributed by atoms with E-state index in [0.29, 0.717) is 0 Å². The summed E-state index contributed by atoms with van der Waals surface area (Å²) in [5, 5.41) is 19.8. The van der Waals surface area contributed by atoms with Gasteiger partial charge in [0, 0.05) is 19.4 Å². The van der Waals surface area contributed by atoms with Gasteiger partial charge in [0.2, 0.25) is 0 Å². The molecule has 0 unspecified atom stereocenters. The second-order valence-corrected chi connectivity index (χ2v) is 6.70. The SMILES string of the molecule is Cn1ccnc1[C@@H](O)[C@](C)(OCc1ccc(-c2ccccc2)cc1)C(=O)NO. The first-order valence-corrected chi connectivity index (χ1v) is 8.84. The number of hydrogen-bond donors (Lipinski definition) is 3. The number of rotatable bonds is 7. The van der Waals surface area contributed by atoms with Crippen LogP contribution in [0.25, 0.3) is 11.1 Å². The third kappa shape index (κ3) is 3.96. The number of ether oxygens (including phenoxy) is 1. The van der Waals surface area contributed by atoms with Gasteiger partial charge in [0.25, 0.3) is 5.91 Å². The van der Waals surface area contributed by atoms with Gasteiger partial charge in [0.1, 0.15) is 11.9 Å². The number of nitrogens with zero attached hydrogens (tertiary/aromatic N) is 2. The molecule has 0 aliphatic rings. The van der Waals surface area contributed by atoms with E-state index in [1.54, 1.807) is 23.3 Å². The van der Waals surface area contributed by atoms with Crippen LogP contribution in [0, 0.1) is 0 Å². The highest BCUT2D eigenvalue weighted by Crippen LogP contribution is 2.30. The fraction of sp³-hybridized carbons (Fsp3) is 0.238. The highest BCUT2D eigenvalue weighted by Gasteiger charge is 2.44. The van der Waals surface area contributed by atoms with Gasteiger partial charge in [-0.05, 0) is 23.6 Å². The molecule has 2 aromatic carbocycles. The van der Waals surface area contributed by atoms with E-state index in [1.807, 2.05) is 54.6 Å². The molecule has 0 aliphatic heterocycles. The Kier molecular flexibility index (Phi) is 5.89. The zero-order chi connectivity index (χ0) is 20.1. The molecule has 0 fully saturated rings. The lowest BCUT2D eigenvalue weighted by molar-refractivity contribution is -0.174. The Hall–Kier alpha value is -3.00. The van der Waals surface area contributed by atoms with Gasteiger partial charge < -0.3 is 14.4 Å². The maximum Gasteiger partial charge on any atom is 0.278 e. The smallest absolute Gasteiger partial charge is 0.278 e. The van der Waals surface area contributed by atoms with Gasteiger partial charge in [-0.2, -0.15) is 0 Å². The number of carbonyl (C=O) groups is 1. The van der Waals surface area contributed by atoms with E-state index >= 15 is 0 Å². The molecule has 0 spiro atoms. The number of amides is 1. The lowest BCUT2D eigenvalue weighted by atomic mass is 9.96. The van der Waals surface area contributed by atoms with Crippen LogP contribution in [0.5, 0.6) is 0 Å². The van der Waals surface area contributed by atoms with Crippen molar-refractivity contribution in [3.8, 4) is 11.1 Å². The van der Waals surface area contributed by atoms with Crippen molar-refractivity contribution in [1.82, 2.24) is 15.0 Å². The van der Waals surface area contributed by atoms with Gasteiger partial charge in [-0.25, -0.2) is 10.5 Å². The molecule has 0 saturated carbocycles. The van der Waals surface area contributed by atoms with E-state index in [-0.39, 0.29) is 12.4 Å². The molecule has 146 valence electrons. The van der Waals surface area contributed by atoms with Gasteiger partial charge in [-0.3, -0.25) is 10.0 Å². The van der Waals surface area contributed by atoms with Crippen molar-refractivity contribution in [2.24, 2.45) is 7.05 Å². The van der Waals surface area contributed by atoms with Gasteiger partial charge in [-0.1, -0.05) is 54.6 Å². The van der Waals surface area contributed by atoms with Crippen LogP contribution in [0.4, 0.5) is 0 Å². The van der Waals surface area contributed by atoms with Crippen molar-refractivity contribution in [2.75, 3.05) is 0 Å². The highest BCUT2D eigenvalue weighted by atomic mass is 16.5. The van der Waals surface area contributed by atoms with Crippen molar-refractivity contribution in [2.45, 2.75) is 25.2 Å². The van der Waals surface area contributed by atoms with Crippen molar-refractivity contribution >= 4 is 5.91 Å². The van der Waals surface area contributed by atoms with Crippen molar-refractivity contribution in [1.29, 1.82) is 0 Å². The van der Waals surface area contributed by atoms with Crippen molar-refractivity contribution < 1.29 is 19.8 Å². The Bertz CT molecular complexity index is 924. The molecule has 0 aliphatic carbocycles. The number of aliphatic hydroxyl groups excluding tert-OH is 1. The Morgan fingerprint density at radius 2 is 1.82 bits per heavy atom. The molecule has 0 bridgehead atoms. The maximum absolute atomic E-state index is 12.3. The lowest BCUT2D eigenvalue weighted by Crippen LogP contribution is -2.50. The largest absolute Gasteiger partial charge is 0.382 e. The predicted molar refractivity (Wildman–Crippen MR) is 103 cm³/mol. The molecule has 0 saturated heterocycles. The molecule has 3 aromatic rings. The maximum atomic E-state index is 12.3. The van der Waals surface area contributed by atoms with E-state index in [4.69, 9.17) is 9.94 Å². The van der Waals surface area contributed by atoms with E-state index in [0.717, 1.165) is 16.7 Å². The molecular weight excluding hydrogens is 358 g/mol. The molecule has 2 atom stereocenters. The molecule has 3 N–H and O–H groups in total. The number of aromatic nitrogens is 2. The fourth-order valence-corrected chi connectivity index (χ4v) is 2.92. The third-order valence-electron chi connectivity index (χ3n) is 4.78. The van der Waals surface area contributed by atoms with Gasteiger partial charge >= 0.3 is 0 Å². The minimum Gasteiger partial charge on any atom is -0.382 e. The van der Waals surface area contributed by atoms with Crippen LogP contribution in [0.3, 0.4) is 0 Å². The molecule has 28 heavy (non-hydrogen) atoms. The summed E-state index contributed by atoms with van der Waals surface area (Å²) in [5.74, 6) is -0.602. The number of hydrogen-bond acceptors (Lipinski definition) is 5. The number of carbonyl (C=O) groups excluding carboxylic acids is 1. The predicted octanol–water partition coefficient (Wildman–Crippen LogP) is 2.60. The molecule has 0 radical (unpaired) electrons. The van der Waals surface area contributed by atoms with Crippen LogP contribution in [0.2, 0.25) is 0 Å². The molecule has 1 aromatic heterocycles. The van der Waals surface area contributed by atoms with Gasteiger partial charge in [0.05, 0.1) is 6.61 Å². The summed E-state index contributed by atoms with van der Waals surface area (Å²) in [4.78, 5) is 16.3. The first kappa shape index (κ1) is 19.8. The van der Waals surface area contributed by atoms with Crippen molar-refractivity contribution in [3.05, 3.63) is 78.4 Å². The van der Waals surface area contributed by atoms with Gasteiger partial charge in [0.15, 0.2) is 5.60 Å². The molecular formula is C21H23N3O4. The highest BCUT2D eigenvalue weighted by molar-refractivity contribution is 5.84. The summed E-state index contributed by atoms with van der Waals surface area (Å²) in [7, 11) is 1.70. The minimum atomic E-state index is -1.73. The first-order chi connectivity index (χ1) is 13.5. The summed E-state index contributed by atoms with van der Waals surface area (Å²) in [5.41, 5.74) is 2.83. The number of nitrogens with one attached hydrogen (secondary N) is 1. The van der Waals surface area contributed by atoms with Gasteiger partial charge in [-0.15, -0.1) is 0 Å². The standard InChI is InChI=1S/C21H23N3O4/c1-21(20(26)23-27,18(25)19-22-12-13-24(19)2)28-14-15-8-10-17(11-9-15)16-6-4-3-5-7-16/h3-13,18,25,27H,14H2,1-2H3,(H,23,26)/t18-,21+/m1/s1. The van der Waals surface area contributed by atoms with E-state index < -0.39 is 17.6 Å². The minimum absolute atomic E-state index is 0.0699. The van der Waals surface area contributed by atoms with Crippen LogP contribution in [-0.4, -0.2) is 31.4 Å². The summed E-state index contributed by atoms with van der Waals surface area (Å²) >= 11 is 0. The Balaban J connectivity index is 1.77. The summed E-state index contributed by atoms with van der Waals surface area (Å²) < 4.78 is 7.37. The zero-order valence-corrected chi connectivity index (χ0v) is 15.7. The molecule has 7 nitrogen and oxygen atoms in total. The van der Waals surface area contributed by atoms with E-state index in [1.165, 1.54) is 13.1 Å². The topological polar surface area (TPSA) is 96.6 Å². The molecule has 1 amide bonds.